The SMILES string of the molecule is CCC(=O)N(OC(=O)c1ccccc1)C(C)CC. The summed E-state index contributed by atoms with van der Waals surface area (Å²) in [5, 5.41) is 1.18. The van der Waals surface area contributed by atoms with Gasteiger partial charge in [-0.3, -0.25) is 4.79 Å². The first-order chi connectivity index (χ1) is 8.60. The van der Waals surface area contributed by atoms with E-state index in [2.05, 4.69) is 0 Å². The van der Waals surface area contributed by atoms with E-state index < -0.39 is 5.97 Å². The van der Waals surface area contributed by atoms with Gasteiger partial charge >= 0.3 is 5.97 Å². The topological polar surface area (TPSA) is 46.6 Å². The summed E-state index contributed by atoms with van der Waals surface area (Å²) in [6.45, 7) is 5.54. The standard InChI is InChI=1S/C14H19NO3/c1-4-11(3)15(13(16)5-2)18-14(17)12-9-7-6-8-10-12/h6-11H,4-5H2,1-3H3. The van der Waals surface area contributed by atoms with Gasteiger partial charge in [0.1, 0.15) is 0 Å². The van der Waals surface area contributed by atoms with E-state index in [1.165, 1.54) is 5.06 Å². The van der Waals surface area contributed by atoms with Gasteiger partial charge in [-0.05, 0) is 25.5 Å². The van der Waals surface area contributed by atoms with Gasteiger partial charge in [-0.2, -0.15) is 5.06 Å². The Morgan fingerprint density at radius 1 is 1.22 bits per heavy atom. The molecule has 0 aliphatic carbocycles. The second-order valence-corrected chi connectivity index (χ2v) is 4.08. The zero-order chi connectivity index (χ0) is 13.5. The molecule has 1 aromatic rings. The smallest absolute Gasteiger partial charge is 0.332 e. The highest BCUT2D eigenvalue weighted by Gasteiger charge is 2.22. The first-order valence-electron chi connectivity index (χ1n) is 6.19. The molecule has 0 aliphatic heterocycles. The zero-order valence-corrected chi connectivity index (χ0v) is 11.1. The Hall–Kier alpha value is -1.84. The van der Waals surface area contributed by atoms with Crippen LogP contribution in [0.15, 0.2) is 30.3 Å². The fourth-order valence-corrected chi connectivity index (χ4v) is 1.42. The Balaban J connectivity index is 2.78. The Labute approximate surface area is 108 Å². The Kier molecular flexibility index (Phi) is 5.36. The lowest BCUT2D eigenvalue weighted by molar-refractivity contribution is -0.176. The second-order valence-electron chi connectivity index (χ2n) is 4.08. The third-order valence-corrected chi connectivity index (χ3v) is 2.73. The van der Waals surface area contributed by atoms with Crippen molar-refractivity contribution in [2.24, 2.45) is 0 Å². The first kappa shape index (κ1) is 14.2. The van der Waals surface area contributed by atoms with Crippen molar-refractivity contribution < 1.29 is 14.4 Å². The van der Waals surface area contributed by atoms with Crippen molar-refractivity contribution in [1.29, 1.82) is 0 Å². The van der Waals surface area contributed by atoms with Crippen LogP contribution in [0.1, 0.15) is 44.0 Å². The van der Waals surface area contributed by atoms with Crippen LogP contribution in [0.4, 0.5) is 0 Å². The molecule has 1 amide bonds. The van der Waals surface area contributed by atoms with Crippen LogP contribution in [0.25, 0.3) is 0 Å². The fourth-order valence-electron chi connectivity index (χ4n) is 1.42. The molecule has 0 N–H and O–H groups in total. The van der Waals surface area contributed by atoms with E-state index in [1.807, 2.05) is 19.9 Å². The van der Waals surface area contributed by atoms with Crippen LogP contribution in [0, 0.1) is 0 Å². The van der Waals surface area contributed by atoms with Crippen molar-refractivity contribution in [1.82, 2.24) is 5.06 Å². The summed E-state index contributed by atoms with van der Waals surface area (Å²) in [5.74, 6) is -0.689. The number of hydroxylamine groups is 2. The van der Waals surface area contributed by atoms with E-state index >= 15 is 0 Å². The molecule has 0 bridgehead atoms. The molecule has 0 aliphatic rings. The van der Waals surface area contributed by atoms with E-state index in [9.17, 15) is 9.59 Å². The van der Waals surface area contributed by atoms with E-state index in [-0.39, 0.29) is 11.9 Å². The van der Waals surface area contributed by atoms with Gasteiger partial charge in [0.05, 0.1) is 11.6 Å². The van der Waals surface area contributed by atoms with Crippen LogP contribution in [0.2, 0.25) is 0 Å². The van der Waals surface area contributed by atoms with Gasteiger partial charge in [-0.25, -0.2) is 4.79 Å². The molecule has 98 valence electrons. The van der Waals surface area contributed by atoms with E-state index in [0.29, 0.717) is 12.0 Å². The summed E-state index contributed by atoms with van der Waals surface area (Å²) >= 11 is 0. The number of hydrogen-bond donors (Lipinski definition) is 0. The molecule has 18 heavy (non-hydrogen) atoms. The number of rotatable bonds is 4. The van der Waals surface area contributed by atoms with Crippen LogP contribution < -0.4 is 0 Å². The molecule has 0 radical (unpaired) electrons. The van der Waals surface area contributed by atoms with Crippen LogP contribution in [0.3, 0.4) is 0 Å². The first-order valence-corrected chi connectivity index (χ1v) is 6.19. The predicted octanol–water partition coefficient (Wildman–Crippen LogP) is 2.80. The minimum Gasteiger partial charge on any atom is -0.332 e. The quantitative estimate of drug-likeness (QED) is 0.771. The molecule has 1 aromatic carbocycles. The maximum Gasteiger partial charge on any atom is 0.363 e. The van der Waals surface area contributed by atoms with Crippen molar-refractivity contribution in [3.05, 3.63) is 35.9 Å². The summed E-state index contributed by atoms with van der Waals surface area (Å²) in [5.41, 5.74) is 0.440. The zero-order valence-electron chi connectivity index (χ0n) is 11.1. The van der Waals surface area contributed by atoms with E-state index in [0.717, 1.165) is 6.42 Å². The van der Waals surface area contributed by atoms with E-state index in [1.54, 1.807) is 31.2 Å². The molecule has 0 saturated carbocycles. The predicted molar refractivity (Wildman–Crippen MR) is 68.7 cm³/mol. The Bertz CT molecular complexity index is 403. The summed E-state index contributed by atoms with van der Waals surface area (Å²) in [6, 6.07) is 8.53. The molecule has 4 nitrogen and oxygen atoms in total. The van der Waals surface area contributed by atoms with Crippen LogP contribution in [0.5, 0.6) is 0 Å². The van der Waals surface area contributed by atoms with Gasteiger partial charge in [0.2, 0.25) is 0 Å². The monoisotopic (exact) mass is 249 g/mol. The maximum absolute atomic E-state index is 11.9. The van der Waals surface area contributed by atoms with Gasteiger partial charge in [0.25, 0.3) is 5.91 Å². The van der Waals surface area contributed by atoms with Gasteiger partial charge < -0.3 is 4.84 Å². The molecule has 1 unspecified atom stereocenters. The lowest BCUT2D eigenvalue weighted by atomic mass is 10.2. The molecule has 0 heterocycles. The molecular formula is C14H19NO3. The number of benzene rings is 1. The lowest BCUT2D eigenvalue weighted by Gasteiger charge is -2.26. The molecule has 0 fully saturated rings. The minimum absolute atomic E-state index is 0.120. The Morgan fingerprint density at radius 2 is 1.83 bits per heavy atom. The van der Waals surface area contributed by atoms with Crippen LogP contribution in [-0.2, 0) is 9.63 Å². The molecule has 0 aromatic heterocycles. The lowest BCUT2D eigenvalue weighted by Crippen LogP contribution is -2.39. The minimum atomic E-state index is -0.502. The molecule has 0 saturated heterocycles. The largest absolute Gasteiger partial charge is 0.363 e. The van der Waals surface area contributed by atoms with Crippen molar-refractivity contribution in [2.75, 3.05) is 0 Å². The average Bonchev–Trinajstić information content (AvgIpc) is 2.43. The van der Waals surface area contributed by atoms with Gasteiger partial charge in [0.15, 0.2) is 0 Å². The molecule has 1 atom stereocenters. The number of carbonyl (C=O) groups excluding carboxylic acids is 2. The van der Waals surface area contributed by atoms with Gasteiger partial charge in [-0.1, -0.05) is 32.0 Å². The number of hydrogen-bond acceptors (Lipinski definition) is 3. The highest BCUT2D eigenvalue weighted by atomic mass is 16.7. The molecular weight excluding hydrogens is 230 g/mol. The third kappa shape index (κ3) is 3.58. The number of amides is 1. The summed E-state index contributed by atoms with van der Waals surface area (Å²) in [6.07, 6.45) is 1.04. The maximum atomic E-state index is 11.9. The number of nitrogens with zero attached hydrogens (tertiary/aromatic N) is 1. The van der Waals surface area contributed by atoms with Crippen molar-refractivity contribution in [3.8, 4) is 0 Å². The summed E-state index contributed by atoms with van der Waals surface area (Å²) in [4.78, 5) is 28.8. The Morgan fingerprint density at radius 3 is 2.33 bits per heavy atom. The van der Waals surface area contributed by atoms with Crippen molar-refractivity contribution >= 4 is 11.9 Å². The number of carbonyl (C=O) groups is 2. The average molecular weight is 249 g/mol. The molecule has 1 rings (SSSR count). The summed E-state index contributed by atoms with van der Waals surface area (Å²) < 4.78 is 0. The van der Waals surface area contributed by atoms with Crippen LogP contribution >= 0.6 is 0 Å². The van der Waals surface area contributed by atoms with Gasteiger partial charge in [-0.15, -0.1) is 0 Å². The third-order valence-electron chi connectivity index (χ3n) is 2.73. The highest BCUT2D eigenvalue weighted by Crippen LogP contribution is 2.10. The summed E-state index contributed by atoms with van der Waals surface area (Å²) in [7, 11) is 0. The van der Waals surface area contributed by atoms with Crippen molar-refractivity contribution in [2.45, 2.75) is 39.7 Å². The fraction of sp³-hybridized carbons (Fsp3) is 0.429. The van der Waals surface area contributed by atoms with Crippen LogP contribution in [-0.4, -0.2) is 23.0 Å². The van der Waals surface area contributed by atoms with E-state index in [4.69, 9.17) is 4.84 Å². The van der Waals surface area contributed by atoms with Crippen molar-refractivity contribution in [3.63, 3.8) is 0 Å². The van der Waals surface area contributed by atoms with Gasteiger partial charge in [0, 0.05) is 6.42 Å². The molecule has 0 spiro atoms. The highest BCUT2D eigenvalue weighted by molar-refractivity contribution is 5.90. The second kappa shape index (κ2) is 6.79. The molecule has 4 heteroatoms. The normalized spacial score (nSPS) is 11.7.